The second-order valence-electron chi connectivity index (χ2n) is 5.54. The van der Waals surface area contributed by atoms with Crippen LogP contribution in [0.15, 0.2) is 0 Å². The van der Waals surface area contributed by atoms with Crippen molar-refractivity contribution in [2.45, 2.75) is 52.5 Å². The number of rotatable bonds is 6. The Morgan fingerprint density at radius 1 is 1.31 bits per heavy atom. The molecule has 1 aliphatic rings. The van der Waals surface area contributed by atoms with Crippen molar-refractivity contribution in [3.05, 3.63) is 0 Å². The lowest BCUT2D eigenvalue weighted by Crippen LogP contribution is -2.44. The molecule has 2 atom stereocenters. The molecule has 0 saturated carbocycles. The molecule has 1 N–H and O–H groups in total. The smallest absolute Gasteiger partial charge is 0.00793 e. The first kappa shape index (κ1) is 14.0. The summed E-state index contributed by atoms with van der Waals surface area (Å²) < 4.78 is 0. The van der Waals surface area contributed by atoms with Gasteiger partial charge in [-0.25, -0.2) is 0 Å². The van der Waals surface area contributed by atoms with Gasteiger partial charge in [-0.15, -0.1) is 0 Å². The number of hydrogen-bond donors (Lipinski definition) is 1. The molecule has 16 heavy (non-hydrogen) atoms. The molecule has 96 valence electrons. The number of piperidine rings is 1. The van der Waals surface area contributed by atoms with Gasteiger partial charge in [-0.1, -0.05) is 26.7 Å². The average molecular weight is 226 g/mol. The van der Waals surface area contributed by atoms with Crippen LogP contribution in [0.4, 0.5) is 0 Å². The quantitative estimate of drug-likeness (QED) is 0.749. The Morgan fingerprint density at radius 3 is 2.56 bits per heavy atom. The highest BCUT2D eigenvalue weighted by molar-refractivity contribution is 4.79. The van der Waals surface area contributed by atoms with E-state index in [9.17, 15) is 0 Å². The predicted molar refractivity (Wildman–Crippen MR) is 71.8 cm³/mol. The normalized spacial score (nSPS) is 24.9. The molecule has 0 aromatic heterocycles. The average Bonchev–Trinajstić information content (AvgIpc) is 2.30. The van der Waals surface area contributed by atoms with E-state index in [1.807, 2.05) is 0 Å². The Kier molecular flexibility index (Phi) is 6.37. The first-order chi connectivity index (χ1) is 7.67. The summed E-state index contributed by atoms with van der Waals surface area (Å²) in [7, 11) is 2.25. The van der Waals surface area contributed by atoms with Gasteiger partial charge in [-0.2, -0.15) is 0 Å². The van der Waals surface area contributed by atoms with E-state index in [2.05, 4.69) is 38.0 Å². The fourth-order valence-electron chi connectivity index (χ4n) is 2.71. The van der Waals surface area contributed by atoms with Crippen molar-refractivity contribution >= 4 is 0 Å². The molecule has 1 saturated heterocycles. The van der Waals surface area contributed by atoms with Crippen molar-refractivity contribution in [2.24, 2.45) is 11.8 Å². The van der Waals surface area contributed by atoms with Gasteiger partial charge < -0.3 is 10.2 Å². The van der Waals surface area contributed by atoms with Crippen LogP contribution in [0.2, 0.25) is 0 Å². The van der Waals surface area contributed by atoms with Crippen molar-refractivity contribution in [1.82, 2.24) is 10.2 Å². The fourth-order valence-corrected chi connectivity index (χ4v) is 2.71. The molecule has 2 heteroatoms. The zero-order valence-corrected chi connectivity index (χ0v) is 11.6. The van der Waals surface area contributed by atoms with Crippen molar-refractivity contribution in [2.75, 3.05) is 26.7 Å². The predicted octanol–water partition coefficient (Wildman–Crippen LogP) is 2.74. The maximum Gasteiger partial charge on any atom is 0.00793 e. The summed E-state index contributed by atoms with van der Waals surface area (Å²) in [5.74, 6) is 1.72. The number of nitrogens with one attached hydrogen (secondary N) is 1. The third-order valence-electron chi connectivity index (χ3n) is 4.25. The van der Waals surface area contributed by atoms with Crippen molar-refractivity contribution in [3.63, 3.8) is 0 Å². The van der Waals surface area contributed by atoms with Crippen LogP contribution < -0.4 is 5.32 Å². The third kappa shape index (κ3) is 4.42. The molecular formula is C14H30N2. The highest BCUT2D eigenvalue weighted by Crippen LogP contribution is 2.19. The zero-order valence-electron chi connectivity index (χ0n) is 11.6. The molecule has 0 spiro atoms. The summed E-state index contributed by atoms with van der Waals surface area (Å²) >= 11 is 0. The van der Waals surface area contributed by atoms with E-state index < -0.39 is 0 Å². The Hall–Kier alpha value is -0.0800. The summed E-state index contributed by atoms with van der Waals surface area (Å²) in [6, 6.07) is 0.684. The number of hydrogen-bond acceptors (Lipinski definition) is 2. The lowest BCUT2D eigenvalue weighted by Gasteiger charge is -2.34. The molecule has 0 aromatic carbocycles. The van der Waals surface area contributed by atoms with E-state index in [4.69, 9.17) is 0 Å². The molecular weight excluding hydrogens is 196 g/mol. The van der Waals surface area contributed by atoms with E-state index in [1.165, 1.54) is 45.3 Å². The number of nitrogens with zero attached hydrogens (tertiary/aromatic N) is 1. The minimum atomic E-state index is 0.684. The molecule has 1 fully saturated rings. The molecule has 2 unspecified atom stereocenters. The standard InChI is InChI=1S/C14H30N2/c1-5-13(6-2)10-15-12(3)14-8-7-9-16(4)11-14/h12-15H,5-11H2,1-4H3. The van der Waals surface area contributed by atoms with Gasteiger partial charge in [0.2, 0.25) is 0 Å². The maximum atomic E-state index is 3.75. The number of likely N-dealkylation sites (tertiary alicyclic amines) is 1. The lowest BCUT2D eigenvalue weighted by atomic mass is 9.91. The molecule has 0 amide bonds. The zero-order chi connectivity index (χ0) is 12.0. The largest absolute Gasteiger partial charge is 0.314 e. The Morgan fingerprint density at radius 2 is 2.00 bits per heavy atom. The summed E-state index contributed by atoms with van der Waals surface area (Å²) in [5, 5.41) is 3.75. The molecule has 1 aliphatic heterocycles. The lowest BCUT2D eigenvalue weighted by molar-refractivity contribution is 0.176. The van der Waals surface area contributed by atoms with Gasteiger partial charge in [0, 0.05) is 12.6 Å². The maximum absolute atomic E-state index is 3.75. The van der Waals surface area contributed by atoms with E-state index in [1.54, 1.807) is 0 Å². The van der Waals surface area contributed by atoms with Gasteiger partial charge >= 0.3 is 0 Å². The Bertz CT molecular complexity index is 178. The highest BCUT2D eigenvalue weighted by atomic mass is 15.1. The van der Waals surface area contributed by atoms with Crippen LogP contribution in [-0.4, -0.2) is 37.6 Å². The molecule has 1 rings (SSSR count). The van der Waals surface area contributed by atoms with Crippen LogP contribution in [0.3, 0.4) is 0 Å². The van der Waals surface area contributed by atoms with E-state index in [-0.39, 0.29) is 0 Å². The molecule has 1 heterocycles. The second-order valence-corrected chi connectivity index (χ2v) is 5.54. The highest BCUT2D eigenvalue weighted by Gasteiger charge is 2.22. The topological polar surface area (TPSA) is 15.3 Å². The molecule has 0 aliphatic carbocycles. The molecule has 0 bridgehead atoms. The van der Waals surface area contributed by atoms with Gasteiger partial charge in [-0.05, 0) is 51.7 Å². The summed E-state index contributed by atoms with van der Waals surface area (Å²) in [6.45, 7) is 10.7. The first-order valence-electron chi connectivity index (χ1n) is 7.09. The van der Waals surface area contributed by atoms with Crippen molar-refractivity contribution in [3.8, 4) is 0 Å². The van der Waals surface area contributed by atoms with Gasteiger partial charge in [-0.3, -0.25) is 0 Å². The van der Waals surface area contributed by atoms with Crippen molar-refractivity contribution < 1.29 is 0 Å². The van der Waals surface area contributed by atoms with Crippen molar-refractivity contribution in [1.29, 1.82) is 0 Å². The molecule has 0 radical (unpaired) electrons. The van der Waals surface area contributed by atoms with Crippen LogP contribution in [0.5, 0.6) is 0 Å². The van der Waals surface area contributed by atoms with Crippen LogP contribution in [0.25, 0.3) is 0 Å². The summed E-state index contributed by atoms with van der Waals surface area (Å²) in [6.07, 6.45) is 5.39. The summed E-state index contributed by atoms with van der Waals surface area (Å²) in [4.78, 5) is 2.48. The van der Waals surface area contributed by atoms with Crippen LogP contribution >= 0.6 is 0 Å². The van der Waals surface area contributed by atoms with E-state index in [0.717, 1.165) is 11.8 Å². The van der Waals surface area contributed by atoms with Crippen LogP contribution in [-0.2, 0) is 0 Å². The Balaban J connectivity index is 2.25. The van der Waals surface area contributed by atoms with Crippen LogP contribution in [0.1, 0.15) is 46.5 Å². The fraction of sp³-hybridized carbons (Fsp3) is 1.00. The third-order valence-corrected chi connectivity index (χ3v) is 4.25. The van der Waals surface area contributed by atoms with Crippen LogP contribution in [0, 0.1) is 11.8 Å². The van der Waals surface area contributed by atoms with Gasteiger partial charge in [0.1, 0.15) is 0 Å². The monoisotopic (exact) mass is 226 g/mol. The molecule has 0 aromatic rings. The first-order valence-corrected chi connectivity index (χ1v) is 7.09. The summed E-state index contributed by atoms with van der Waals surface area (Å²) in [5.41, 5.74) is 0. The van der Waals surface area contributed by atoms with E-state index in [0.29, 0.717) is 6.04 Å². The minimum Gasteiger partial charge on any atom is -0.314 e. The van der Waals surface area contributed by atoms with Gasteiger partial charge in [0.25, 0.3) is 0 Å². The van der Waals surface area contributed by atoms with Gasteiger partial charge in [0.15, 0.2) is 0 Å². The minimum absolute atomic E-state index is 0.684. The van der Waals surface area contributed by atoms with Gasteiger partial charge in [0.05, 0.1) is 0 Å². The van der Waals surface area contributed by atoms with E-state index >= 15 is 0 Å². The second kappa shape index (κ2) is 7.29. The Labute approximate surface area is 102 Å². The SMILES string of the molecule is CCC(CC)CNC(C)C1CCCN(C)C1. The molecule has 2 nitrogen and oxygen atoms in total.